The van der Waals surface area contributed by atoms with Crippen LogP contribution in [0.1, 0.15) is 77.2 Å². The Balaban J connectivity index is 1.48. The van der Waals surface area contributed by atoms with E-state index in [4.69, 9.17) is 4.74 Å². The predicted octanol–water partition coefficient (Wildman–Crippen LogP) is 6.81. The number of carbonyl (C=O) groups is 1. The summed E-state index contributed by atoms with van der Waals surface area (Å²) in [5, 5.41) is 0. The Morgan fingerprint density at radius 1 is 1.00 bits per heavy atom. The summed E-state index contributed by atoms with van der Waals surface area (Å²) in [5.74, 6) is -2.17. The molecule has 0 aliphatic heterocycles. The number of aryl methyl sites for hydroxylation is 1. The number of hydrogen-bond acceptors (Lipinski definition) is 2. The average Bonchev–Trinajstić information content (AvgIpc) is 2.70. The molecule has 1 aromatic rings. The molecule has 0 saturated heterocycles. The highest BCUT2D eigenvalue weighted by molar-refractivity contribution is 5.75. The summed E-state index contributed by atoms with van der Waals surface area (Å²) < 4.78 is 34.5. The van der Waals surface area contributed by atoms with Gasteiger partial charge in [-0.25, -0.2) is 8.78 Å². The predicted molar refractivity (Wildman–Crippen MR) is 108 cm³/mol. The minimum absolute atomic E-state index is 0.0429. The second kappa shape index (κ2) is 9.37. The third kappa shape index (κ3) is 5.12. The highest BCUT2D eigenvalue weighted by Crippen LogP contribution is 2.48. The molecule has 28 heavy (non-hydrogen) atoms. The number of rotatable bonds is 6. The molecule has 4 heteroatoms. The Kier molecular flexibility index (Phi) is 7.11. The Morgan fingerprint density at radius 3 is 2.21 bits per heavy atom. The molecule has 0 radical (unpaired) electrons. The summed E-state index contributed by atoms with van der Waals surface area (Å²) >= 11 is 0. The highest BCUT2D eigenvalue weighted by atomic mass is 19.3. The molecule has 2 aliphatic rings. The van der Waals surface area contributed by atoms with Crippen molar-refractivity contribution in [2.75, 3.05) is 0 Å². The molecule has 3 rings (SSSR count). The molecule has 2 saturated carbocycles. The molecule has 2 nitrogen and oxygen atoms in total. The molecular weight excluding hydrogens is 358 g/mol. The van der Waals surface area contributed by atoms with E-state index in [1.165, 1.54) is 5.56 Å². The zero-order valence-corrected chi connectivity index (χ0v) is 17.3. The van der Waals surface area contributed by atoms with E-state index in [2.05, 4.69) is 6.92 Å². The second-order valence-corrected chi connectivity index (χ2v) is 8.82. The van der Waals surface area contributed by atoms with Crippen molar-refractivity contribution in [2.45, 2.75) is 84.0 Å². The number of carbonyl (C=O) groups excluding carboxylic acids is 1. The van der Waals surface area contributed by atoms with Crippen LogP contribution < -0.4 is 4.74 Å². The van der Waals surface area contributed by atoms with Crippen molar-refractivity contribution < 1.29 is 18.3 Å². The monoisotopic (exact) mass is 392 g/mol. The summed E-state index contributed by atoms with van der Waals surface area (Å²) in [6.07, 6.45) is 7.30. The SMILES string of the molecule is CCCC1CCC(C2CCC(C(=O)Oc3ccc(CC)cc3)CC2)CC1(F)F. The Bertz CT molecular complexity index is 633. The zero-order chi connectivity index (χ0) is 20.1. The summed E-state index contributed by atoms with van der Waals surface area (Å²) in [6, 6.07) is 7.65. The molecule has 0 aromatic heterocycles. The minimum atomic E-state index is -2.51. The van der Waals surface area contributed by atoms with Crippen LogP contribution in [0.25, 0.3) is 0 Å². The summed E-state index contributed by atoms with van der Waals surface area (Å²) in [6.45, 7) is 4.08. The van der Waals surface area contributed by atoms with Gasteiger partial charge in [0.1, 0.15) is 5.75 Å². The molecule has 0 N–H and O–H groups in total. The van der Waals surface area contributed by atoms with Gasteiger partial charge in [0, 0.05) is 12.3 Å². The van der Waals surface area contributed by atoms with E-state index in [1.807, 2.05) is 31.2 Å². The van der Waals surface area contributed by atoms with Gasteiger partial charge < -0.3 is 4.74 Å². The van der Waals surface area contributed by atoms with E-state index in [0.717, 1.165) is 44.9 Å². The molecule has 0 spiro atoms. The van der Waals surface area contributed by atoms with Gasteiger partial charge in [-0.05, 0) is 80.9 Å². The van der Waals surface area contributed by atoms with Gasteiger partial charge in [-0.2, -0.15) is 0 Å². The van der Waals surface area contributed by atoms with E-state index in [9.17, 15) is 13.6 Å². The van der Waals surface area contributed by atoms with Gasteiger partial charge in [-0.1, -0.05) is 32.4 Å². The molecule has 1 aromatic carbocycles. The van der Waals surface area contributed by atoms with Gasteiger partial charge in [-0.15, -0.1) is 0 Å². The number of ether oxygens (including phenoxy) is 1. The van der Waals surface area contributed by atoms with Crippen molar-refractivity contribution in [2.24, 2.45) is 23.7 Å². The quantitative estimate of drug-likeness (QED) is 0.392. The maximum Gasteiger partial charge on any atom is 0.314 e. The van der Waals surface area contributed by atoms with Crippen LogP contribution in [0.2, 0.25) is 0 Å². The van der Waals surface area contributed by atoms with Gasteiger partial charge in [0.2, 0.25) is 0 Å². The van der Waals surface area contributed by atoms with Crippen LogP contribution in [0.3, 0.4) is 0 Å². The molecular formula is C24H34F2O2. The van der Waals surface area contributed by atoms with E-state index in [-0.39, 0.29) is 24.2 Å². The molecule has 0 bridgehead atoms. The van der Waals surface area contributed by atoms with Crippen molar-refractivity contribution in [3.05, 3.63) is 29.8 Å². The molecule has 2 aliphatic carbocycles. The molecule has 2 atom stereocenters. The van der Waals surface area contributed by atoms with Crippen molar-refractivity contribution >= 4 is 5.97 Å². The maximum absolute atomic E-state index is 14.5. The van der Waals surface area contributed by atoms with Gasteiger partial charge in [0.25, 0.3) is 5.92 Å². The Labute approximate surface area is 168 Å². The smallest absolute Gasteiger partial charge is 0.314 e. The van der Waals surface area contributed by atoms with E-state index in [1.54, 1.807) is 0 Å². The number of alkyl halides is 2. The van der Waals surface area contributed by atoms with Crippen molar-refractivity contribution in [3.8, 4) is 5.75 Å². The Morgan fingerprint density at radius 2 is 1.64 bits per heavy atom. The van der Waals surface area contributed by atoms with Gasteiger partial charge in [-0.3, -0.25) is 4.79 Å². The fourth-order valence-corrected chi connectivity index (χ4v) is 5.17. The third-order valence-corrected chi connectivity index (χ3v) is 6.98. The number of hydrogen-bond donors (Lipinski definition) is 0. The van der Waals surface area contributed by atoms with Crippen molar-refractivity contribution in [1.82, 2.24) is 0 Å². The molecule has 2 fully saturated rings. The van der Waals surface area contributed by atoms with Crippen molar-refractivity contribution in [3.63, 3.8) is 0 Å². The molecule has 0 heterocycles. The standard InChI is InChI=1S/C24H34F2O2/c1-3-5-21-13-12-20(16-24(21,25)26)18-8-10-19(11-9-18)23(27)28-22-14-6-17(4-2)7-15-22/h6-7,14-15,18-21H,3-5,8-13,16H2,1-2H3. The lowest BCUT2D eigenvalue weighted by Crippen LogP contribution is -2.39. The van der Waals surface area contributed by atoms with Gasteiger partial charge in [0.15, 0.2) is 0 Å². The normalized spacial score (nSPS) is 30.0. The fourth-order valence-electron chi connectivity index (χ4n) is 5.17. The fraction of sp³-hybridized carbons (Fsp3) is 0.708. The lowest BCUT2D eigenvalue weighted by atomic mass is 9.67. The first-order chi connectivity index (χ1) is 13.4. The Hall–Kier alpha value is -1.45. The van der Waals surface area contributed by atoms with E-state index in [0.29, 0.717) is 24.5 Å². The molecule has 0 amide bonds. The largest absolute Gasteiger partial charge is 0.426 e. The molecule has 156 valence electrons. The van der Waals surface area contributed by atoms with Crippen molar-refractivity contribution in [1.29, 1.82) is 0 Å². The van der Waals surface area contributed by atoms with Crippen LogP contribution in [0.15, 0.2) is 24.3 Å². The highest BCUT2D eigenvalue weighted by Gasteiger charge is 2.46. The minimum Gasteiger partial charge on any atom is -0.426 e. The average molecular weight is 393 g/mol. The first-order valence-corrected chi connectivity index (χ1v) is 11.1. The number of benzene rings is 1. The second-order valence-electron chi connectivity index (χ2n) is 8.82. The van der Waals surface area contributed by atoms with Gasteiger partial charge in [0.05, 0.1) is 5.92 Å². The summed E-state index contributed by atoms with van der Waals surface area (Å²) in [5.41, 5.74) is 1.21. The van der Waals surface area contributed by atoms with Crippen LogP contribution in [-0.2, 0) is 11.2 Å². The lowest BCUT2D eigenvalue weighted by Gasteiger charge is -2.41. The number of esters is 1. The first kappa shape index (κ1) is 21.3. The first-order valence-electron chi connectivity index (χ1n) is 11.1. The third-order valence-electron chi connectivity index (χ3n) is 6.98. The molecule has 2 unspecified atom stereocenters. The summed E-state index contributed by atoms with van der Waals surface area (Å²) in [7, 11) is 0. The van der Waals surface area contributed by atoms with Crippen LogP contribution in [0.5, 0.6) is 5.75 Å². The van der Waals surface area contributed by atoms with Crippen LogP contribution in [0.4, 0.5) is 8.78 Å². The van der Waals surface area contributed by atoms with Crippen LogP contribution in [-0.4, -0.2) is 11.9 Å². The van der Waals surface area contributed by atoms with Gasteiger partial charge >= 0.3 is 5.97 Å². The van der Waals surface area contributed by atoms with E-state index >= 15 is 0 Å². The van der Waals surface area contributed by atoms with E-state index < -0.39 is 11.8 Å². The number of halogens is 2. The van der Waals surface area contributed by atoms with Crippen LogP contribution >= 0.6 is 0 Å². The van der Waals surface area contributed by atoms with Crippen LogP contribution in [0, 0.1) is 23.7 Å². The zero-order valence-electron chi connectivity index (χ0n) is 17.3. The lowest BCUT2D eigenvalue weighted by molar-refractivity contribution is -0.141. The maximum atomic E-state index is 14.5. The topological polar surface area (TPSA) is 26.3 Å². The summed E-state index contributed by atoms with van der Waals surface area (Å²) in [4.78, 5) is 12.5.